The van der Waals surface area contributed by atoms with Crippen molar-refractivity contribution in [3.63, 3.8) is 0 Å². The fraction of sp³-hybridized carbons (Fsp3) is 0.316. The second kappa shape index (κ2) is 8.11. The number of aromatic amines is 1. The quantitative estimate of drug-likeness (QED) is 0.576. The molecule has 2 unspecified atom stereocenters. The monoisotopic (exact) mass is 420 g/mol. The van der Waals surface area contributed by atoms with E-state index in [-0.39, 0.29) is 22.8 Å². The van der Waals surface area contributed by atoms with E-state index in [4.69, 9.17) is 9.47 Å². The van der Waals surface area contributed by atoms with E-state index in [9.17, 15) is 18.7 Å². The van der Waals surface area contributed by atoms with Crippen LogP contribution in [0.4, 0.5) is 8.78 Å². The zero-order valence-electron chi connectivity index (χ0n) is 15.6. The van der Waals surface area contributed by atoms with E-state index in [1.54, 1.807) is 6.07 Å². The van der Waals surface area contributed by atoms with Crippen molar-refractivity contribution in [2.45, 2.75) is 31.3 Å². The minimum absolute atomic E-state index is 0.0583. The van der Waals surface area contributed by atoms with Gasteiger partial charge < -0.3 is 19.3 Å². The molecule has 11 heteroatoms. The first-order chi connectivity index (χ1) is 14.5. The van der Waals surface area contributed by atoms with Gasteiger partial charge in [-0.25, -0.2) is 9.48 Å². The van der Waals surface area contributed by atoms with Crippen molar-refractivity contribution in [3.05, 3.63) is 60.2 Å². The van der Waals surface area contributed by atoms with Crippen molar-refractivity contribution in [3.8, 4) is 11.5 Å². The number of nitrogens with one attached hydrogen (secondary N) is 1. The van der Waals surface area contributed by atoms with Crippen LogP contribution in [0.1, 0.15) is 24.1 Å². The van der Waals surface area contributed by atoms with Gasteiger partial charge in [0.15, 0.2) is 17.8 Å². The summed E-state index contributed by atoms with van der Waals surface area (Å²) in [4.78, 5) is 12.6. The van der Waals surface area contributed by atoms with Crippen LogP contribution in [0, 0.1) is 0 Å². The second-order valence-corrected chi connectivity index (χ2v) is 6.54. The Morgan fingerprint density at radius 3 is 2.80 bits per heavy atom. The van der Waals surface area contributed by atoms with Gasteiger partial charge in [-0.3, -0.25) is 5.10 Å². The highest BCUT2D eigenvalue weighted by molar-refractivity contribution is 5.85. The van der Waals surface area contributed by atoms with Crippen LogP contribution < -0.4 is 9.47 Å². The molecule has 1 saturated heterocycles. The van der Waals surface area contributed by atoms with Crippen LogP contribution in [0.3, 0.4) is 0 Å². The van der Waals surface area contributed by atoms with Crippen LogP contribution in [0.5, 0.6) is 11.5 Å². The number of ether oxygens (including phenoxy) is 3. The highest BCUT2D eigenvalue weighted by Gasteiger charge is 2.47. The molecule has 4 rings (SSSR count). The van der Waals surface area contributed by atoms with E-state index in [0.717, 1.165) is 6.42 Å². The van der Waals surface area contributed by atoms with Crippen LogP contribution >= 0.6 is 0 Å². The summed E-state index contributed by atoms with van der Waals surface area (Å²) < 4.78 is 42.7. The number of aromatic nitrogens is 4. The van der Waals surface area contributed by atoms with Gasteiger partial charge in [-0.15, -0.1) is 0 Å². The number of hydrogen-bond acceptors (Lipinski definition) is 6. The van der Waals surface area contributed by atoms with Crippen molar-refractivity contribution in [2.75, 3.05) is 6.61 Å². The Balaban J connectivity index is 1.87. The first-order valence-corrected chi connectivity index (χ1v) is 9.12. The molecule has 30 heavy (non-hydrogen) atoms. The summed E-state index contributed by atoms with van der Waals surface area (Å²) >= 11 is 0. The van der Waals surface area contributed by atoms with Crippen LogP contribution in [0.25, 0.3) is 0 Å². The lowest BCUT2D eigenvalue weighted by atomic mass is 9.86. The molecule has 0 spiro atoms. The molecule has 1 aliphatic rings. The largest absolute Gasteiger partial charge is 0.479 e. The molecule has 0 aliphatic carbocycles. The third-order valence-electron chi connectivity index (χ3n) is 4.77. The number of hydrogen-bond donors (Lipinski definition) is 2. The number of carbonyl (C=O) groups is 1. The van der Waals surface area contributed by atoms with Gasteiger partial charge in [0.05, 0.1) is 12.3 Å². The first-order valence-electron chi connectivity index (χ1n) is 9.12. The molecule has 1 aliphatic heterocycles. The van der Waals surface area contributed by atoms with Crippen molar-refractivity contribution < 1.29 is 32.9 Å². The summed E-state index contributed by atoms with van der Waals surface area (Å²) in [6.07, 6.45) is 5.02. The number of carboxylic acids is 1. The Hall–Kier alpha value is -3.47. The molecule has 2 atom stereocenters. The van der Waals surface area contributed by atoms with Crippen LogP contribution in [-0.2, 0) is 15.1 Å². The Morgan fingerprint density at radius 1 is 1.33 bits per heavy atom. The molecular weight excluding hydrogens is 402 g/mol. The molecule has 158 valence electrons. The highest BCUT2D eigenvalue weighted by atomic mass is 19.3. The van der Waals surface area contributed by atoms with Gasteiger partial charge in [0, 0.05) is 30.6 Å². The predicted molar refractivity (Wildman–Crippen MR) is 97.3 cm³/mol. The topological polar surface area (TPSA) is 111 Å². The third kappa shape index (κ3) is 3.47. The normalized spacial score (nSPS) is 18.3. The third-order valence-corrected chi connectivity index (χ3v) is 4.77. The Labute approximate surface area is 169 Å². The van der Waals surface area contributed by atoms with Crippen molar-refractivity contribution in [2.24, 2.45) is 0 Å². The average Bonchev–Trinajstić information content (AvgIpc) is 3.48. The SMILES string of the molecule is O=C(O)C(c1ccc(OC(F)F)c(OC2CCCO2)c1)(c1ccn[nH]1)n1cccn1. The Bertz CT molecular complexity index is 954. The van der Waals surface area contributed by atoms with Crippen molar-refractivity contribution in [1.82, 2.24) is 20.0 Å². The molecule has 2 aromatic heterocycles. The smallest absolute Gasteiger partial charge is 0.387 e. The number of carboxylic acid groups (broad SMARTS) is 1. The fourth-order valence-corrected chi connectivity index (χ4v) is 3.47. The van der Waals surface area contributed by atoms with Crippen molar-refractivity contribution >= 4 is 5.97 Å². The van der Waals surface area contributed by atoms with E-state index in [2.05, 4.69) is 20.0 Å². The van der Waals surface area contributed by atoms with E-state index in [1.165, 1.54) is 47.5 Å². The average molecular weight is 420 g/mol. The van der Waals surface area contributed by atoms with Gasteiger partial charge in [0.1, 0.15) is 0 Å². The van der Waals surface area contributed by atoms with Gasteiger partial charge in [0.25, 0.3) is 0 Å². The number of rotatable bonds is 8. The minimum atomic E-state index is -3.08. The fourth-order valence-electron chi connectivity index (χ4n) is 3.47. The van der Waals surface area contributed by atoms with Crippen LogP contribution in [0.2, 0.25) is 0 Å². The number of nitrogens with zero attached hydrogens (tertiary/aromatic N) is 3. The van der Waals surface area contributed by atoms with Gasteiger partial charge >= 0.3 is 12.6 Å². The molecule has 0 bridgehead atoms. The number of H-pyrrole nitrogens is 1. The highest BCUT2D eigenvalue weighted by Crippen LogP contribution is 2.39. The maximum absolute atomic E-state index is 12.9. The molecule has 0 radical (unpaired) electrons. The maximum Gasteiger partial charge on any atom is 0.387 e. The molecule has 3 heterocycles. The summed E-state index contributed by atoms with van der Waals surface area (Å²) in [5.74, 6) is -1.55. The van der Waals surface area contributed by atoms with E-state index >= 15 is 0 Å². The van der Waals surface area contributed by atoms with Crippen LogP contribution in [0.15, 0.2) is 48.9 Å². The zero-order chi connectivity index (χ0) is 21.1. The number of alkyl halides is 2. The van der Waals surface area contributed by atoms with Gasteiger partial charge in [-0.2, -0.15) is 19.0 Å². The van der Waals surface area contributed by atoms with Crippen molar-refractivity contribution in [1.29, 1.82) is 0 Å². The second-order valence-electron chi connectivity index (χ2n) is 6.54. The van der Waals surface area contributed by atoms with Gasteiger partial charge in [0.2, 0.25) is 5.54 Å². The van der Waals surface area contributed by atoms with E-state index < -0.39 is 24.4 Å². The van der Waals surface area contributed by atoms with E-state index in [0.29, 0.717) is 13.0 Å². The lowest BCUT2D eigenvalue weighted by Gasteiger charge is -2.30. The van der Waals surface area contributed by atoms with Gasteiger partial charge in [-0.1, -0.05) is 6.07 Å². The lowest BCUT2D eigenvalue weighted by Crippen LogP contribution is -2.45. The summed E-state index contributed by atoms with van der Waals surface area (Å²) in [7, 11) is 0. The number of halogens is 2. The van der Waals surface area contributed by atoms with Gasteiger partial charge in [-0.05, 0) is 30.7 Å². The minimum Gasteiger partial charge on any atom is -0.479 e. The molecule has 3 aromatic rings. The molecule has 0 amide bonds. The number of benzene rings is 1. The summed E-state index contributed by atoms with van der Waals surface area (Å²) in [5, 5.41) is 20.9. The zero-order valence-corrected chi connectivity index (χ0v) is 15.6. The Morgan fingerprint density at radius 2 is 2.20 bits per heavy atom. The molecule has 2 N–H and O–H groups in total. The lowest BCUT2D eigenvalue weighted by molar-refractivity contribution is -0.143. The molecular formula is C19H18F2N4O5. The van der Waals surface area contributed by atoms with E-state index in [1.807, 2.05) is 0 Å². The Kier molecular flexibility index (Phi) is 5.36. The molecule has 1 aromatic carbocycles. The predicted octanol–water partition coefficient (Wildman–Crippen LogP) is 2.60. The standard InChI is InChI=1S/C19H18F2N4O5/c20-18(21)30-13-5-4-12(11-14(13)29-16-3-1-10-28-16)19(17(26)27,15-6-8-22-24-15)25-9-2-7-23-25/h2,4-9,11,16,18H,1,3,10H2,(H,22,24)(H,26,27). The summed E-state index contributed by atoms with van der Waals surface area (Å²) in [5.41, 5.74) is -1.44. The molecule has 0 saturated carbocycles. The molecule has 9 nitrogen and oxygen atoms in total. The first kappa shape index (κ1) is 19.8. The summed E-state index contributed by atoms with van der Waals surface area (Å²) in [6, 6.07) is 7.03. The maximum atomic E-state index is 12.9. The summed E-state index contributed by atoms with van der Waals surface area (Å²) in [6.45, 7) is -2.60. The number of aliphatic carboxylic acids is 1. The molecule has 1 fully saturated rings. The van der Waals surface area contributed by atoms with Crippen LogP contribution in [-0.4, -0.2) is 50.6 Å².